The Morgan fingerprint density at radius 1 is 1.38 bits per heavy atom. The van der Waals surface area contributed by atoms with Crippen molar-refractivity contribution in [1.29, 1.82) is 0 Å². The number of rotatable bonds is 4. The zero-order valence-corrected chi connectivity index (χ0v) is 12.7. The molecule has 7 heteroatoms. The molecule has 1 amide bonds. The van der Waals surface area contributed by atoms with Gasteiger partial charge in [-0.05, 0) is 19.1 Å². The van der Waals surface area contributed by atoms with Crippen molar-refractivity contribution in [2.75, 3.05) is 0 Å². The largest absolute Gasteiger partial charge is 0.477 e. The second-order valence-corrected chi connectivity index (χ2v) is 7.31. The quantitative estimate of drug-likeness (QED) is 0.825. The van der Waals surface area contributed by atoms with Gasteiger partial charge in [0.15, 0.2) is 5.70 Å². The summed E-state index contributed by atoms with van der Waals surface area (Å²) in [5, 5.41) is 18.7. The number of amides is 1. The minimum absolute atomic E-state index is 0.0285. The SMILES string of the molecule is CC(O)C1C(=O)N2C(C(=O)O)=C(Sc3ccccc3)S[C@@H]12. The summed E-state index contributed by atoms with van der Waals surface area (Å²) < 4.78 is 0.593. The van der Waals surface area contributed by atoms with Gasteiger partial charge in [-0.15, -0.1) is 0 Å². The number of aliphatic carboxylic acids is 1. The molecule has 5 nitrogen and oxygen atoms in total. The average molecular weight is 323 g/mol. The van der Waals surface area contributed by atoms with Crippen molar-refractivity contribution in [2.24, 2.45) is 5.92 Å². The molecule has 2 N–H and O–H groups in total. The highest BCUT2D eigenvalue weighted by atomic mass is 32.2. The first-order valence-electron chi connectivity index (χ1n) is 6.39. The highest BCUT2D eigenvalue weighted by Gasteiger charge is 2.57. The van der Waals surface area contributed by atoms with E-state index in [1.54, 1.807) is 6.92 Å². The van der Waals surface area contributed by atoms with Gasteiger partial charge in [-0.25, -0.2) is 4.79 Å². The van der Waals surface area contributed by atoms with Crippen LogP contribution in [-0.4, -0.2) is 38.5 Å². The number of carboxylic acids is 1. The topological polar surface area (TPSA) is 77.8 Å². The van der Waals surface area contributed by atoms with Crippen LogP contribution in [0.4, 0.5) is 0 Å². The van der Waals surface area contributed by atoms with Gasteiger partial charge in [0.1, 0.15) is 5.37 Å². The monoisotopic (exact) mass is 323 g/mol. The Balaban J connectivity index is 1.89. The molecule has 1 fully saturated rings. The summed E-state index contributed by atoms with van der Waals surface area (Å²) in [6, 6.07) is 9.42. The van der Waals surface area contributed by atoms with Gasteiger partial charge in [0, 0.05) is 4.90 Å². The molecule has 3 atom stereocenters. The maximum atomic E-state index is 12.0. The summed E-state index contributed by atoms with van der Waals surface area (Å²) in [4.78, 5) is 25.7. The first-order valence-corrected chi connectivity index (χ1v) is 8.08. The Morgan fingerprint density at radius 3 is 2.62 bits per heavy atom. The lowest BCUT2D eigenvalue weighted by Crippen LogP contribution is -2.60. The Bertz CT molecular complexity index is 629. The van der Waals surface area contributed by atoms with E-state index in [4.69, 9.17) is 0 Å². The van der Waals surface area contributed by atoms with Crippen molar-refractivity contribution in [3.8, 4) is 0 Å². The number of aliphatic hydroxyl groups excluding tert-OH is 1. The van der Waals surface area contributed by atoms with E-state index < -0.39 is 18.0 Å². The number of nitrogens with zero attached hydrogens (tertiary/aromatic N) is 1. The average Bonchev–Trinajstić information content (AvgIpc) is 2.74. The molecule has 3 rings (SSSR count). The van der Waals surface area contributed by atoms with Crippen LogP contribution in [0.2, 0.25) is 0 Å². The van der Waals surface area contributed by atoms with Crippen LogP contribution in [0.25, 0.3) is 0 Å². The number of carboxylic acid groups (broad SMARTS) is 1. The summed E-state index contributed by atoms with van der Waals surface area (Å²) in [5.74, 6) is -1.96. The molecule has 0 bridgehead atoms. The van der Waals surface area contributed by atoms with Crippen LogP contribution in [0, 0.1) is 5.92 Å². The Kier molecular flexibility index (Phi) is 3.73. The fourth-order valence-electron chi connectivity index (χ4n) is 2.42. The fraction of sp³-hybridized carbons (Fsp3) is 0.286. The van der Waals surface area contributed by atoms with E-state index in [0.717, 1.165) is 4.90 Å². The number of hydrogen-bond acceptors (Lipinski definition) is 5. The first-order chi connectivity index (χ1) is 10.0. The van der Waals surface area contributed by atoms with E-state index in [0.29, 0.717) is 4.24 Å². The molecule has 110 valence electrons. The van der Waals surface area contributed by atoms with Crippen molar-refractivity contribution in [1.82, 2.24) is 4.90 Å². The zero-order chi connectivity index (χ0) is 15.1. The van der Waals surface area contributed by atoms with Crippen LogP contribution in [0.5, 0.6) is 0 Å². The van der Waals surface area contributed by atoms with Gasteiger partial charge < -0.3 is 10.2 Å². The predicted octanol–water partition coefficient (Wildman–Crippen LogP) is 1.94. The van der Waals surface area contributed by atoms with Gasteiger partial charge >= 0.3 is 5.97 Å². The smallest absolute Gasteiger partial charge is 0.354 e. The van der Waals surface area contributed by atoms with Crippen molar-refractivity contribution in [2.45, 2.75) is 23.3 Å². The number of aliphatic hydroxyl groups is 1. The molecule has 0 radical (unpaired) electrons. The van der Waals surface area contributed by atoms with Crippen LogP contribution in [0.15, 0.2) is 45.2 Å². The van der Waals surface area contributed by atoms with E-state index in [1.807, 2.05) is 30.3 Å². The van der Waals surface area contributed by atoms with Crippen molar-refractivity contribution in [3.05, 3.63) is 40.3 Å². The zero-order valence-electron chi connectivity index (χ0n) is 11.1. The molecule has 2 unspecified atom stereocenters. The van der Waals surface area contributed by atoms with Crippen molar-refractivity contribution >= 4 is 35.4 Å². The molecule has 1 aromatic rings. The number of fused-ring (bicyclic) bond motifs is 1. The third-order valence-corrected chi connectivity index (χ3v) is 6.00. The maximum absolute atomic E-state index is 12.0. The maximum Gasteiger partial charge on any atom is 0.354 e. The predicted molar refractivity (Wildman–Crippen MR) is 80.4 cm³/mol. The number of β-lactam (4-membered cyclic amide) rings is 1. The third-order valence-electron chi connectivity index (χ3n) is 3.42. The minimum Gasteiger partial charge on any atom is -0.477 e. The molecular formula is C14H13NO4S2. The van der Waals surface area contributed by atoms with Crippen molar-refractivity contribution < 1.29 is 19.8 Å². The number of benzene rings is 1. The Hall–Kier alpha value is -1.44. The van der Waals surface area contributed by atoms with Gasteiger partial charge in [-0.2, -0.15) is 0 Å². The van der Waals surface area contributed by atoms with Crippen LogP contribution in [-0.2, 0) is 9.59 Å². The van der Waals surface area contributed by atoms with Crippen molar-refractivity contribution in [3.63, 3.8) is 0 Å². The molecule has 1 aromatic carbocycles. The molecule has 2 aliphatic heterocycles. The number of hydrogen-bond donors (Lipinski definition) is 2. The number of carbonyl (C=O) groups excluding carboxylic acids is 1. The molecule has 1 saturated heterocycles. The van der Waals surface area contributed by atoms with Gasteiger partial charge in [0.25, 0.3) is 0 Å². The lowest BCUT2D eigenvalue weighted by molar-refractivity contribution is -0.156. The highest BCUT2D eigenvalue weighted by Crippen LogP contribution is 2.54. The number of carbonyl (C=O) groups is 2. The Morgan fingerprint density at radius 2 is 2.05 bits per heavy atom. The second kappa shape index (κ2) is 5.40. The lowest BCUT2D eigenvalue weighted by atomic mass is 9.92. The van der Waals surface area contributed by atoms with E-state index in [1.165, 1.54) is 28.4 Å². The summed E-state index contributed by atoms with van der Waals surface area (Å²) in [7, 11) is 0. The molecule has 2 aliphatic rings. The number of thioether (sulfide) groups is 2. The summed E-state index contributed by atoms with van der Waals surface area (Å²) in [5.41, 5.74) is 0.0285. The molecular weight excluding hydrogens is 310 g/mol. The van der Waals surface area contributed by atoms with Crippen LogP contribution in [0.3, 0.4) is 0 Å². The molecule has 2 heterocycles. The van der Waals surface area contributed by atoms with E-state index in [2.05, 4.69) is 0 Å². The third kappa shape index (κ3) is 2.35. The summed E-state index contributed by atoms with van der Waals surface area (Å²) in [6.07, 6.45) is -0.776. The van der Waals surface area contributed by atoms with Crippen LogP contribution < -0.4 is 0 Å². The normalized spacial score (nSPS) is 25.6. The van der Waals surface area contributed by atoms with Gasteiger partial charge in [-0.1, -0.05) is 41.7 Å². The molecule has 0 aromatic heterocycles. The first kappa shape index (κ1) is 14.5. The molecule has 0 aliphatic carbocycles. The van der Waals surface area contributed by atoms with E-state index >= 15 is 0 Å². The van der Waals surface area contributed by atoms with Crippen LogP contribution in [0.1, 0.15) is 6.92 Å². The van der Waals surface area contributed by atoms with Crippen LogP contribution >= 0.6 is 23.5 Å². The fourth-order valence-corrected chi connectivity index (χ4v) is 5.30. The Labute approximate surface area is 130 Å². The molecule has 0 saturated carbocycles. The lowest BCUT2D eigenvalue weighted by Gasteiger charge is -2.43. The second-order valence-electron chi connectivity index (χ2n) is 4.84. The van der Waals surface area contributed by atoms with E-state index in [9.17, 15) is 19.8 Å². The summed E-state index contributed by atoms with van der Waals surface area (Å²) in [6.45, 7) is 1.56. The van der Waals surface area contributed by atoms with Gasteiger partial charge in [0.2, 0.25) is 5.91 Å². The van der Waals surface area contributed by atoms with Gasteiger partial charge in [-0.3, -0.25) is 9.69 Å². The van der Waals surface area contributed by atoms with E-state index in [-0.39, 0.29) is 17.0 Å². The highest BCUT2D eigenvalue weighted by molar-refractivity contribution is 8.22. The van der Waals surface area contributed by atoms with Gasteiger partial charge in [0.05, 0.1) is 16.3 Å². The minimum atomic E-state index is -1.11. The molecule has 0 spiro atoms. The summed E-state index contributed by atoms with van der Waals surface area (Å²) >= 11 is 2.68. The molecule has 21 heavy (non-hydrogen) atoms. The standard InChI is InChI=1S/C14H13NO4S2/c1-7(16)9-11(17)15-10(13(18)19)14(21-12(9)15)20-8-5-3-2-4-6-8/h2-7,9,12,16H,1H3,(H,18,19)/t7?,9?,12-/m0/s1.